The van der Waals surface area contributed by atoms with Crippen LogP contribution in [-0.2, 0) is 19.1 Å². The number of para-hydroxylation sites is 1. The van der Waals surface area contributed by atoms with Crippen molar-refractivity contribution in [2.75, 3.05) is 25.2 Å². The number of nitrogens with zero attached hydrogens (tertiary/aromatic N) is 1. The van der Waals surface area contributed by atoms with Gasteiger partial charge >= 0.3 is 12.0 Å². The number of carbonyl (C=O) groups is 3. The lowest BCUT2D eigenvalue weighted by Gasteiger charge is -2.10. The molecule has 1 fully saturated rings. The van der Waals surface area contributed by atoms with E-state index in [1.54, 1.807) is 30.3 Å². The van der Waals surface area contributed by atoms with Crippen molar-refractivity contribution in [2.24, 2.45) is 0 Å². The van der Waals surface area contributed by atoms with E-state index < -0.39 is 17.9 Å². The van der Waals surface area contributed by atoms with E-state index in [4.69, 9.17) is 9.47 Å². The Labute approximate surface area is 121 Å². The van der Waals surface area contributed by atoms with Crippen LogP contribution in [0.25, 0.3) is 0 Å². The van der Waals surface area contributed by atoms with E-state index >= 15 is 0 Å². The van der Waals surface area contributed by atoms with Gasteiger partial charge in [-0.2, -0.15) is 0 Å². The molecule has 1 aliphatic heterocycles. The molecule has 1 N–H and O–H groups in total. The largest absolute Gasteiger partial charge is 0.460 e. The number of imide groups is 1. The molecular formula is C14H14N2O5. The number of anilines is 1. The highest BCUT2D eigenvalue weighted by Gasteiger charge is 2.35. The predicted octanol–water partition coefficient (Wildman–Crippen LogP) is 0.816. The summed E-state index contributed by atoms with van der Waals surface area (Å²) < 4.78 is 9.54. The Morgan fingerprint density at radius 1 is 1.24 bits per heavy atom. The summed E-state index contributed by atoms with van der Waals surface area (Å²) in [4.78, 5) is 36.4. The highest BCUT2D eigenvalue weighted by atomic mass is 16.6. The summed E-state index contributed by atoms with van der Waals surface area (Å²) in [5, 5.41) is 2.34. The molecule has 1 aliphatic rings. The molecular weight excluding hydrogens is 276 g/mol. The lowest BCUT2D eigenvalue weighted by molar-refractivity contribution is -0.139. The van der Waals surface area contributed by atoms with Gasteiger partial charge in [-0.1, -0.05) is 18.2 Å². The third-order valence-electron chi connectivity index (χ3n) is 2.69. The summed E-state index contributed by atoms with van der Waals surface area (Å²) in [6.07, 6.45) is 0.957. The van der Waals surface area contributed by atoms with Crippen LogP contribution in [0.2, 0.25) is 0 Å². The van der Waals surface area contributed by atoms with Crippen LogP contribution in [0.4, 0.5) is 10.5 Å². The molecule has 1 heterocycles. The maximum Gasteiger partial charge on any atom is 0.333 e. The van der Waals surface area contributed by atoms with Crippen LogP contribution in [0.15, 0.2) is 42.1 Å². The molecule has 1 aromatic rings. The van der Waals surface area contributed by atoms with Crippen LogP contribution >= 0.6 is 0 Å². The minimum Gasteiger partial charge on any atom is -0.460 e. The number of urea groups is 1. The van der Waals surface area contributed by atoms with Crippen LogP contribution in [0.1, 0.15) is 0 Å². The maximum absolute atomic E-state index is 12.1. The number of hydrogen-bond donors (Lipinski definition) is 1. The number of esters is 1. The first-order chi connectivity index (χ1) is 10.1. The molecule has 0 aromatic heterocycles. The average molecular weight is 290 g/mol. The number of ether oxygens (including phenoxy) is 2. The van der Waals surface area contributed by atoms with Gasteiger partial charge in [0, 0.05) is 7.11 Å². The Balaban J connectivity index is 2.09. The van der Waals surface area contributed by atoms with Gasteiger partial charge in [0.25, 0.3) is 5.91 Å². The van der Waals surface area contributed by atoms with Gasteiger partial charge in [-0.25, -0.2) is 14.5 Å². The van der Waals surface area contributed by atoms with E-state index in [-0.39, 0.29) is 18.9 Å². The molecule has 0 spiro atoms. The molecule has 0 saturated carbocycles. The van der Waals surface area contributed by atoms with Crippen molar-refractivity contribution in [2.45, 2.75) is 0 Å². The molecule has 1 saturated heterocycles. The van der Waals surface area contributed by atoms with Crippen molar-refractivity contribution in [1.29, 1.82) is 0 Å². The molecule has 2 rings (SSSR count). The standard InChI is InChI=1S/C14H14N2O5/c1-20-7-8-21-12(17)9-11-13(18)16(14(19)15-11)10-5-3-2-4-6-10/h2-6,9H,7-8H2,1H3,(H,15,19)/b11-9-. The smallest absolute Gasteiger partial charge is 0.333 e. The van der Waals surface area contributed by atoms with Gasteiger partial charge in [0.1, 0.15) is 12.3 Å². The van der Waals surface area contributed by atoms with Crippen molar-refractivity contribution in [3.63, 3.8) is 0 Å². The second kappa shape index (κ2) is 6.67. The van der Waals surface area contributed by atoms with Crippen molar-refractivity contribution >= 4 is 23.6 Å². The summed E-state index contributed by atoms with van der Waals surface area (Å²) in [6, 6.07) is 7.82. The van der Waals surface area contributed by atoms with Crippen molar-refractivity contribution in [3.8, 4) is 0 Å². The topological polar surface area (TPSA) is 84.9 Å². The zero-order chi connectivity index (χ0) is 15.2. The maximum atomic E-state index is 12.1. The third kappa shape index (κ3) is 3.46. The lowest BCUT2D eigenvalue weighted by Crippen LogP contribution is -2.30. The second-order valence-electron chi connectivity index (χ2n) is 4.12. The van der Waals surface area contributed by atoms with Gasteiger partial charge in [-0.15, -0.1) is 0 Å². The molecule has 110 valence electrons. The number of carbonyl (C=O) groups excluding carboxylic acids is 3. The summed E-state index contributed by atoms with van der Waals surface area (Å²) >= 11 is 0. The summed E-state index contributed by atoms with van der Waals surface area (Å²) in [5.41, 5.74) is 0.308. The van der Waals surface area contributed by atoms with Crippen molar-refractivity contribution < 1.29 is 23.9 Å². The van der Waals surface area contributed by atoms with Crippen LogP contribution < -0.4 is 10.2 Å². The predicted molar refractivity (Wildman–Crippen MR) is 73.4 cm³/mol. The molecule has 0 bridgehead atoms. The number of rotatable bonds is 5. The highest BCUT2D eigenvalue weighted by molar-refractivity contribution is 6.27. The second-order valence-corrected chi connectivity index (χ2v) is 4.12. The van der Waals surface area contributed by atoms with E-state index in [0.717, 1.165) is 11.0 Å². The van der Waals surface area contributed by atoms with Gasteiger partial charge in [0.2, 0.25) is 0 Å². The Morgan fingerprint density at radius 3 is 2.62 bits per heavy atom. The zero-order valence-electron chi connectivity index (χ0n) is 11.4. The number of benzene rings is 1. The molecule has 0 atom stereocenters. The normalized spacial score (nSPS) is 16.2. The molecule has 0 radical (unpaired) electrons. The lowest BCUT2D eigenvalue weighted by atomic mass is 10.3. The van der Waals surface area contributed by atoms with Gasteiger partial charge in [-0.3, -0.25) is 4.79 Å². The molecule has 3 amide bonds. The molecule has 7 heteroatoms. The number of nitrogens with one attached hydrogen (secondary N) is 1. The van der Waals surface area contributed by atoms with Gasteiger partial charge < -0.3 is 14.8 Å². The van der Waals surface area contributed by atoms with E-state index in [2.05, 4.69) is 5.32 Å². The van der Waals surface area contributed by atoms with E-state index in [0.29, 0.717) is 5.69 Å². The van der Waals surface area contributed by atoms with E-state index in [1.165, 1.54) is 7.11 Å². The fourth-order valence-corrected chi connectivity index (χ4v) is 1.73. The monoisotopic (exact) mass is 290 g/mol. The van der Waals surface area contributed by atoms with Gasteiger partial charge in [0.05, 0.1) is 18.4 Å². The van der Waals surface area contributed by atoms with Crippen LogP contribution in [-0.4, -0.2) is 38.2 Å². The van der Waals surface area contributed by atoms with E-state index in [1.807, 2.05) is 0 Å². The SMILES string of the molecule is COCCOC(=O)/C=C1\NC(=O)N(c2ccccc2)C1=O. The Bertz CT molecular complexity index is 582. The van der Waals surface area contributed by atoms with Crippen LogP contribution in [0.3, 0.4) is 0 Å². The van der Waals surface area contributed by atoms with Gasteiger partial charge in [-0.05, 0) is 12.1 Å². The molecule has 7 nitrogen and oxygen atoms in total. The quantitative estimate of drug-likeness (QED) is 0.375. The Kier molecular flexibility index (Phi) is 4.68. The first kappa shape index (κ1) is 14.7. The first-order valence-electron chi connectivity index (χ1n) is 6.21. The number of amides is 3. The van der Waals surface area contributed by atoms with Crippen molar-refractivity contribution in [3.05, 3.63) is 42.1 Å². The summed E-state index contributed by atoms with van der Waals surface area (Å²) in [6.45, 7) is 0.328. The van der Waals surface area contributed by atoms with Crippen LogP contribution in [0, 0.1) is 0 Å². The molecule has 0 unspecified atom stereocenters. The number of methoxy groups -OCH3 is 1. The molecule has 0 aliphatic carbocycles. The zero-order valence-corrected chi connectivity index (χ0v) is 11.4. The van der Waals surface area contributed by atoms with Crippen molar-refractivity contribution in [1.82, 2.24) is 5.32 Å². The summed E-state index contributed by atoms with van der Waals surface area (Å²) in [5.74, 6) is -1.32. The third-order valence-corrected chi connectivity index (χ3v) is 2.69. The molecule has 21 heavy (non-hydrogen) atoms. The fraction of sp³-hybridized carbons (Fsp3) is 0.214. The Morgan fingerprint density at radius 2 is 1.95 bits per heavy atom. The average Bonchev–Trinajstić information content (AvgIpc) is 2.74. The van der Waals surface area contributed by atoms with E-state index in [9.17, 15) is 14.4 Å². The number of hydrogen-bond acceptors (Lipinski definition) is 5. The minimum absolute atomic E-state index is 0.0731. The highest BCUT2D eigenvalue weighted by Crippen LogP contribution is 2.20. The van der Waals surface area contributed by atoms with Crippen LogP contribution in [0.5, 0.6) is 0 Å². The Hall–Kier alpha value is -2.67. The first-order valence-corrected chi connectivity index (χ1v) is 6.21. The minimum atomic E-state index is -0.717. The molecule has 1 aromatic carbocycles. The van der Waals surface area contributed by atoms with Gasteiger partial charge in [0.15, 0.2) is 0 Å². The summed E-state index contributed by atoms with van der Waals surface area (Å²) in [7, 11) is 1.48. The fourth-order valence-electron chi connectivity index (χ4n) is 1.73.